The number of nitrogens with zero attached hydrogens (tertiary/aromatic N) is 2. The van der Waals surface area contributed by atoms with Crippen molar-refractivity contribution in [1.29, 1.82) is 5.26 Å². The molecule has 3 nitrogen and oxygen atoms in total. The summed E-state index contributed by atoms with van der Waals surface area (Å²) >= 11 is 5.98. The van der Waals surface area contributed by atoms with Crippen molar-refractivity contribution in [2.24, 2.45) is 0 Å². The number of nitriles is 1. The average molecular weight is 266 g/mol. The second kappa shape index (κ2) is 7.97. The fraction of sp³-hybridized carbons (Fsp3) is 0.500. The number of halogens is 1. The molecule has 0 amide bonds. The number of likely N-dealkylation sites (N-methyl/N-ethyl adjacent to an activating group) is 1. The van der Waals surface area contributed by atoms with Crippen LogP contribution in [0.4, 0.5) is 5.69 Å². The predicted octanol–water partition coefficient (Wildman–Crippen LogP) is 3.36. The fourth-order valence-electron chi connectivity index (χ4n) is 1.82. The van der Waals surface area contributed by atoms with Gasteiger partial charge in [0.2, 0.25) is 0 Å². The Labute approximate surface area is 114 Å². The Hall–Kier alpha value is -1.24. The summed E-state index contributed by atoms with van der Waals surface area (Å²) in [6.07, 6.45) is 1.18. The second-order valence-electron chi connectivity index (χ2n) is 4.17. The Morgan fingerprint density at radius 2 is 2.11 bits per heavy atom. The highest BCUT2D eigenvalue weighted by molar-refractivity contribution is 6.32. The summed E-state index contributed by atoms with van der Waals surface area (Å²) in [4.78, 5) is 2.40. The van der Waals surface area contributed by atoms with Crippen molar-refractivity contribution in [3.63, 3.8) is 0 Å². The monoisotopic (exact) mass is 265 g/mol. The van der Waals surface area contributed by atoms with Crippen molar-refractivity contribution in [2.75, 3.05) is 31.5 Å². The zero-order chi connectivity index (χ0) is 13.4. The lowest BCUT2D eigenvalue weighted by Gasteiger charge is -2.19. The second-order valence-corrected chi connectivity index (χ2v) is 4.57. The van der Waals surface area contributed by atoms with Crippen LogP contribution in [0.5, 0.6) is 0 Å². The van der Waals surface area contributed by atoms with E-state index in [1.807, 2.05) is 6.07 Å². The van der Waals surface area contributed by atoms with E-state index >= 15 is 0 Å². The predicted molar refractivity (Wildman–Crippen MR) is 77.1 cm³/mol. The lowest BCUT2D eigenvalue weighted by molar-refractivity contribution is 0.300. The molecule has 0 radical (unpaired) electrons. The maximum absolute atomic E-state index is 8.79. The highest BCUT2D eigenvalue weighted by Crippen LogP contribution is 2.19. The third-order valence-electron chi connectivity index (χ3n) is 2.83. The molecule has 0 saturated heterocycles. The molecule has 1 aromatic carbocycles. The minimum Gasteiger partial charge on any atom is -0.384 e. The zero-order valence-electron chi connectivity index (χ0n) is 11.0. The van der Waals surface area contributed by atoms with Gasteiger partial charge in [0.15, 0.2) is 0 Å². The molecular formula is C14H20ClN3. The molecule has 0 saturated carbocycles. The summed E-state index contributed by atoms with van der Waals surface area (Å²) in [6.45, 7) is 8.47. The Balaban J connectivity index is 2.44. The van der Waals surface area contributed by atoms with Crippen LogP contribution >= 0.6 is 11.6 Å². The number of hydrogen-bond donors (Lipinski definition) is 1. The van der Waals surface area contributed by atoms with Gasteiger partial charge in [-0.2, -0.15) is 5.26 Å². The summed E-state index contributed by atoms with van der Waals surface area (Å²) in [7, 11) is 0. The molecule has 1 N–H and O–H groups in total. The maximum atomic E-state index is 8.79. The van der Waals surface area contributed by atoms with Crippen LogP contribution in [0.3, 0.4) is 0 Å². The molecule has 0 unspecified atom stereocenters. The van der Waals surface area contributed by atoms with E-state index < -0.39 is 0 Å². The van der Waals surface area contributed by atoms with Crippen LogP contribution in [0.15, 0.2) is 18.2 Å². The molecular weight excluding hydrogens is 246 g/mol. The maximum Gasteiger partial charge on any atom is 0.101 e. The lowest BCUT2D eigenvalue weighted by Crippen LogP contribution is -2.29. The van der Waals surface area contributed by atoms with E-state index in [0.717, 1.165) is 31.9 Å². The van der Waals surface area contributed by atoms with Gasteiger partial charge in [-0.25, -0.2) is 0 Å². The van der Waals surface area contributed by atoms with E-state index in [2.05, 4.69) is 30.1 Å². The first-order valence-corrected chi connectivity index (χ1v) is 6.75. The van der Waals surface area contributed by atoms with Crippen LogP contribution in [0.2, 0.25) is 5.02 Å². The summed E-state index contributed by atoms with van der Waals surface area (Å²) in [5, 5.41) is 12.6. The Kier molecular flexibility index (Phi) is 6.56. The summed E-state index contributed by atoms with van der Waals surface area (Å²) < 4.78 is 0. The molecule has 1 aromatic rings. The van der Waals surface area contributed by atoms with Gasteiger partial charge in [-0.3, -0.25) is 0 Å². The normalized spacial score (nSPS) is 10.4. The zero-order valence-corrected chi connectivity index (χ0v) is 11.8. The third-order valence-corrected chi connectivity index (χ3v) is 3.15. The highest BCUT2D eigenvalue weighted by atomic mass is 35.5. The van der Waals surface area contributed by atoms with E-state index in [4.69, 9.17) is 16.9 Å². The standard InChI is InChI=1S/C14H20ClN3/c1-3-8-18(4-2)9-7-17-13-6-5-12(11-16)14(15)10-13/h5-6,10,17H,3-4,7-9H2,1-2H3. The molecule has 0 bridgehead atoms. The van der Waals surface area contributed by atoms with Gasteiger partial charge in [-0.05, 0) is 37.7 Å². The van der Waals surface area contributed by atoms with E-state index in [-0.39, 0.29) is 0 Å². The number of benzene rings is 1. The van der Waals surface area contributed by atoms with Crippen LogP contribution < -0.4 is 5.32 Å². The van der Waals surface area contributed by atoms with Crippen LogP contribution in [-0.2, 0) is 0 Å². The molecule has 0 spiro atoms. The first-order chi connectivity index (χ1) is 8.71. The fourth-order valence-corrected chi connectivity index (χ4v) is 2.04. The quantitative estimate of drug-likeness (QED) is 0.822. The first-order valence-electron chi connectivity index (χ1n) is 6.37. The Bertz CT molecular complexity index is 412. The van der Waals surface area contributed by atoms with Gasteiger partial charge in [-0.1, -0.05) is 25.4 Å². The Morgan fingerprint density at radius 3 is 2.67 bits per heavy atom. The molecule has 0 atom stereocenters. The molecule has 98 valence electrons. The van der Waals surface area contributed by atoms with Gasteiger partial charge in [0.05, 0.1) is 10.6 Å². The first kappa shape index (κ1) is 14.8. The Morgan fingerprint density at radius 1 is 1.33 bits per heavy atom. The number of hydrogen-bond acceptors (Lipinski definition) is 3. The summed E-state index contributed by atoms with van der Waals surface area (Å²) in [5.41, 5.74) is 1.48. The van der Waals surface area contributed by atoms with Gasteiger partial charge in [-0.15, -0.1) is 0 Å². The molecule has 0 aliphatic heterocycles. The third kappa shape index (κ3) is 4.56. The van der Waals surface area contributed by atoms with Crippen molar-refractivity contribution >= 4 is 17.3 Å². The van der Waals surface area contributed by atoms with Gasteiger partial charge in [0, 0.05) is 18.8 Å². The summed E-state index contributed by atoms with van der Waals surface area (Å²) in [6, 6.07) is 7.49. The molecule has 0 aliphatic carbocycles. The minimum absolute atomic E-state index is 0.503. The number of nitrogens with one attached hydrogen (secondary N) is 1. The van der Waals surface area contributed by atoms with Gasteiger partial charge < -0.3 is 10.2 Å². The van der Waals surface area contributed by atoms with Crippen molar-refractivity contribution in [3.05, 3.63) is 28.8 Å². The molecule has 4 heteroatoms. The molecule has 0 aromatic heterocycles. The van der Waals surface area contributed by atoms with Crippen LogP contribution in [0, 0.1) is 11.3 Å². The van der Waals surface area contributed by atoms with E-state index in [0.29, 0.717) is 10.6 Å². The molecule has 0 fully saturated rings. The van der Waals surface area contributed by atoms with Crippen molar-refractivity contribution < 1.29 is 0 Å². The van der Waals surface area contributed by atoms with Crippen LogP contribution in [0.25, 0.3) is 0 Å². The van der Waals surface area contributed by atoms with E-state index in [1.54, 1.807) is 12.1 Å². The number of anilines is 1. The SMILES string of the molecule is CCCN(CC)CCNc1ccc(C#N)c(Cl)c1. The average Bonchev–Trinajstić information content (AvgIpc) is 2.38. The smallest absolute Gasteiger partial charge is 0.101 e. The minimum atomic E-state index is 0.503. The largest absolute Gasteiger partial charge is 0.384 e. The van der Waals surface area contributed by atoms with E-state index in [9.17, 15) is 0 Å². The topological polar surface area (TPSA) is 39.1 Å². The molecule has 1 rings (SSSR count). The van der Waals surface area contributed by atoms with Crippen molar-refractivity contribution in [1.82, 2.24) is 4.90 Å². The van der Waals surface area contributed by atoms with Crippen LogP contribution in [0.1, 0.15) is 25.8 Å². The molecule has 0 aliphatic rings. The van der Waals surface area contributed by atoms with E-state index in [1.165, 1.54) is 6.42 Å². The van der Waals surface area contributed by atoms with Crippen molar-refractivity contribution in [2.45, 2.75) is 20.3 Å². The molecule has 0 heterocycles. The van der Waals surface area contributed by atoms with Gasteiger partial charge in [0.1, 0.15) is 6.07 Å². The van der Waals surface area contributed by atoms with Gasteiger partial charge >= 0.3 is 0 Å². The van der Waals surface area contributed by atoms with Crippen LogP contribution in [-0.4, -0.2) is 31.1 Å². The highest BCUT2D eigenvalue weighted by Gasteiger charge is 2.02. The van der Waals surface area contributed by atoms with Gasteiger partial charge in [0.25, 0.3) is 0 Å². The van der Waals surface area contributed by atoms with Crippen molar-refractivity contribution in [3.8, 4) is 6.07 Å². The number of rotatable bonds is 7. The lowest BCUT2D eigenvalue weighted by atomic mass is 10.2. The molecule has 18 heavy (non-hydrogen) atoms. The summed E-state index contributed by atoms with van der Waals surface area (Å²) in [5.74, 6) is 0.